The van der Waals surface area contributed by atoms with Crippen molar-refractivity contribution >= 4 is 5.91 Å². The van der Waals surface area contributed by atoms with Gasteiger partial charge >= 0.3 is 5.98 Å². The molecule has 1 aromatic rings. The van der Waals surface area contributed by atoms with E-state index in [1.54, 1.807) is 12.1 Å². The average Bonchev–Trinajstić information content (AvgIpc) is 2.25. The molecular formula is C8H6FNO2. The second-order valence-electron chi connectivity index (χ2n) is 2.62. The minimum atomic E-state index is -2.70. The Balaban J connectivity index is 2.66. The number of rotatable bonds is 0. The lowest BCUT2D eigenvalue weighted by Gasteiger charge is -2.11. The molecule has 1 aromatic carbocycles. The third-order valence-corrected chi connectivity index (χ3v) is 1.81. The van der Waals surface area contributed by atoms with Crippen molar-refractivity contribution in [3.63, 3.8) is 0 Å². The molecule has 1 heterocycles. The number of fused-ring (bicyclic) bond motifs is 1. The lowest BCUT2D eigenvalue weighted by Crippen LogP contribution is -2.34. The molecule has 0 saturated carbocycles. The van der Waals surface area contributed by atoms with Gasteiger partial charge in [-0.1, -0.05) is 18.2 Å². The van der Waals surface area contributed by atoms with Crippen LogP contribution in [-0.2, 0) is 5.98 Å². The summed E-state index contributed by atoms with van der Waals surface area (Å²) in [6, 6.07) is 6.00. The topological polar surface area (TPSA) is 49.3 Å². The number of benzene rings is 1. The second kappa shape index (κ2) is 2.04. The van der Waals surface area contributed by atoms with Gasteiger partial charge in [-0.15, -0.1) is 0 Å². The van der Waals surface area contributed by atoms with Crippen LogP contribution in [0.1, 0.15) is 15.9 Å². The molecule has 1 amide bonds. The van der Waals surface area contributed by atoms with Gasteiger partial charge in [0.25, 0.3) is 5.91 Å². The summed E-state index contributed by atoms with van der Waals surface area (Å²) in [6.07, 6.45) is 0. The highest BCUT2D eigenvalue weighted by Gasteiger charge is 2.41. The summed E-state index contributed by atoms with van der Waals surface area (Å²) >= 11 is 0. The SMILES string of the molecule is O=C1NC(O)(F)c2ccccc21. The molecule has 0 saturated heterocycles. The van der Waals surface area contributed by atoms with E-state index in [0.717, 1.165) is 0 Å². The first-order chi connectivity index (χ1) is 5.61. The maximum atomic E-state index is 13.1. The van der Waals surface area contributed by atoms with Gasteiger partial charge in [-0.05, 0) is 6.07 Å². The monoisotopic (exact) mass is 167 g/mol. The quantitative estimate of drug-likeness (QED) is 0.553. The Kier molecular flexibility index (Phi) is 1.23. The van der Waals surface area contributed by atoms with Crippen molar-refractivity contribution in [1.29, 1.82) is 0 Å². The van der Waals surface area contributed by atoms with E-state index in [4.69, 9.17) is 5.11 Å². The normalized spacial score (nSPS) is 26.7. The van der Waals surface area contributed by atoms with Crippen molar-refractivity contribution in [2.45, 2.75) is 5.98 Å². The first-order valence-electron chi connectivity index (χ1n) is 3.44. The van der Waals surface area contributed by atoms with Crippen LogP contribution in [0.2, 0.25) is 0 Å². The van der Waals surface area contributed by atoms with E-state index < -0.39 is 11.9 Å². The molecule has 0 aromatic heterocycles. The van der Waals surface area contributed by atoms with Crippen LogP contribution < -0.4 is 5.32 Å². The van der Waals surface area contributed by atoms with Gasteiger partial charge in [-0.25, -0.2) is 0 Å². The molecule has 0 radical (unpaired) electrons. The molecule has 1 atom stereocenters. The van der Waals surface area contributed by atoms with Crippen LogP contribution >= 0.6 is 0 Å². The zero-order valence-corrected chi connectivity index (χ0v) is 6.04. The van der Waals surface area contributed by atoms with Gasteiger partial charge in [0.2, 0.25) is 0 Å². The Bertz CT molecular complexity index is 349. The van der Waals surface area contributed by atoms with Crippen LogP contribution in [0.3, 0.4) is 0 Å². The minimum Gasteiger partial charge on any atom is -0.341 e. The fourth-order valence-electron chi connectivity index (χ4n) is 1.26. The predicted octanol–water partition coefficient (Wildman–Crippen LogP) is 0.502. The largest absolute Gasteiger partial charge is 0.341 e. The van der Waals surface area contributed by atoms with Gasteiger partial charge in [0.1, 0.15) is 0 Å². The Morgan fingerprint density at radius 3 is 2.75 bits per heavy atom. The minimum absolute atomic E-state index is 0.0185. The summed E-state index contributed by atoms with van der Waals surface area (Å²) in [7, 11) is 0. The van der Waals surface area contributed by atoms with Crippen molar-refractivity contribution in [2.75, 3.05) is 0 Å². The fraction of sp³-hybridized carbons (Fsp3) is 0.125. The highest BCUT2D eigenvalue weighted by Crippen LogP contribution is 2.29. The van der Waals surface area contributed by atoms with Crippen LogP contribution in [0.15, 0.2) is 24.3 Å². The number of alkyl halides is 1. The summed E-state index contributed by atoms with van der Waals surface area (Å²) < 4.78 is 13.1. The van der Waals surface area contributed by atoms with Crippen molar-refractivity contribution in [3.05, 3.63) is 35.4 Å². The zero-order valence-electron chi connectivity index (χ0n) is 6.04. The Morgan fingerprint density at radius 1 is 1.42 bits per heavy atom. The van der Waals surface area contributed by atoms with Gasteiger partial charge in [-0.2, -0.15) is 4.39 Å². The van der Waals surface area contributed by atoms with Crippen molar-refractivity contribution < 1.29 is 14.3 Å². The molecule has 1 aliphatic rings. The van der Waals surface area contributed by atoms with Crippen LogP contribution in [-0.4, -0.2) is 11.0 Å². The molecule has 0 spiro atoms. The van der Waals surface area contributed by atoms with Gasteiger partial charge in [0, 0.05) is 0 Å². The average molecular weight is 167 g/mol. The molecule has 62 valence electrons. The molecule has 2 rings (SSSR count). The van der Waals surface area contributed by atoms with Gasteiger partial charge in [0.15, 0.2) is 0 Å². The zero-order chi connectivity index (χ0) is 8.77. The smallest absolute Gasteiger partial charge is 0.315 e. The number of aliphatic hydroxyl groups is 1. The number of carbonyl (C=O) groups excluding carboxylic acids is 1. The number of nitrogens with one attached hydrogen (secondary N) is 1. The summed E-state index contributed by atoms with van der Waals surface area (Å²) in [5, 5.41) is 10.8. The lowest BCUT2D eigenvalue weighted by atomic mass is 10.1. The third kappa shape index (κ3) is 0.816. The molecule has 0 bridgehead atoms. The van der Waals surface area contributed by atoms with E-state index in [-0.39, 0.29) is 11.1 Å². The highest BCUT2D eigenvalue weighted by atomic mass is 19.2. The van der Waals surface area contributed by atoms with Crippen LogP contribution in [0.5, 0.6) is 0 Å². The molecular weight excluding hydrogens is 161 g/mol. The second-order valence-corrected chi connectivity index (χ2v) is 2.62. The molecule has 0 aliphatic carbocycles. The number of hydrogen-bond donors (Lipinski definition) is 2. The van der Waals surface area contributed by atoms with Crippen molar-refractivity contribution in [2.24, 2.45) is 0 Å². The van der Waals surface area contributed by atoms with E-state index >= 15 is 0 Å². The van der Waals surface area contributed by atoms with Gasteiger partial charge in [-0.3, -0.25) is 10.1 Å². The Labute approximate surface area is 67.8 Å². The standard InChI is InChI=1S/C8H6FNO2/c9-8(12)6-4-2-1-3-5(6)7(11)10-8/h1-4,12H,(H,10,11). The number of amides is 1. The van der Waals surface area contributed by atoms with Gasteiger partial charge in [0.05, 0.1) is 11.1 Å². The van der Waals surface area contributed by atoms with Crippen LogP contribution in [0.4, 0.5) is 4.39 Å². The van der Waals surface area contributed by atoms with Crippen LogP contribution in [0, 0.1) is 0 Å². The Morgan fingerprint density at radius 2 is 2.08 bits per heavy atom. The molecule has 2 N–H and O–H groups in total. The van der Waals surface area contributed by atoms with E-state index in [1.165, 1.54) is 12.1 Å². The first kappa shape index (κ1) is 7.24. The van der Waals surface area contributed by atoms with Crippen molar-refractivity contribution in [3.8, 4) is 0 Å². The molecule has 3 nitrogen and oxygen atoms in total. The molecule has 0 fully saturated rings. The first-order valence-corrected chi connectivity index (χ1v) is 3.44. The maximum Gasteiger partial charge on any atom is 0.315 e. The van der Waals surface area contributed by atoms with E-state index in [9.17, 15) is 9.18 Å². The van der Waals surface area contributed by atoms with E-state index in [2.05, 4.69) is 0 Å². The summed E-state index contributed by atoms with van der Waals surface area (Å²) in [5.41, 5.74) is 0.164. The number of hydrogen-bond acceptors (Lipinski definition) is 2. The van der Waals surface area contributed by atoms with Crippen molar-refractivity contribution in [1.82, 2.24) is 5.32 Å². The lowest BCUT2D eigenvalue weighted by molar-refractivity contribution is -0.109. The van der Waals surface area contributed by atoms with Gasteiger partial charge < -0.3 is 5.11 Å². The highest BCUT2D eigenvalue weighted by molar-refractivity contribution is 5.99. The fourth-order valence-corrected chi connectivity index (χ4v) is 1.26. The maximum absolute atomic E-state index is 13.1. The van der Waals surface area contributed by atoms with E-state index in [0.29, 0.717) is 0 Å². The Hall–Kier alpha value is -1.42. The summed E-state index contributed by atoms with van der Waals surface area (Å²) in [6.45, 7) is 0. The van der Waals surface area contributed by atoms with E-state index in [1.807, 2.05) is 5.32 Å². The predicted molar refractivity (Wildman–Crippen MR) is 38.9 cm³/mol. The van der Waals surface area contributed by atoms with Crippen LogP contribution in [0.25, 0.3) is 0 Å². The molecule has 4 heteroatoms. The summed E-state index contributed by atoms with van der Waals surface area (Å²) in [4.78, 5) is 11.0. The summed E-state index contributed by atoms with van der Waals surface area (Å²) in [5.74, 6) is -3.29. The molecule has 12 heavy (non-hydrogen) atoms. The molecule has 1 aliphatic heterocycles. The number of halogens is 1. The molecule has 1 unspecified atom stereocenters. The third-order valence-electron chi connectivity index (χ3n) is 1.81. The number of carbonyl (C=O) groups is 1.